The van der Waals surface area contributed by atoms with E-state index in [9.17, 15) is 0 Å². The fraction of sp³-hybridized carbons (Fsp3) is 0.600. The van der Waals surface area contributed by atoms with Crippen LogP contribution in [0.3, 0.4) is 0 Å². The molecule has 0 amide bonds. The van der Waals surface area contributed by atoms with Crippen molar-refractivity contribution in [2.75, 3.05) is 14.2 Å². The van der Waals surface area contributed by atoms with Gasteiger partial charge in [-0.2, -0.15) is 0 Å². The normalized spacial score (nSPS) is 18.3. The van der Waals surface area contributed by atoms with Crippen molar-refractivity contribution >= 4 is 0 Å². The first-order valence-corrected chi connectivity index (χ1v) is 6.51. The van der Waals surface area contributed by atoms with Crippen LogP contribution in [0.25, 0.3) is 0 Å². The summed E-state index contributed by atoms with van der Waals surface area (Å²) in [6, 6.07) is 6.46. The van der Waals surface area contributed by atoms with Crippen LogP contribution < -0.4 is 10.1 Å². The summed E-state index contributed by atoms with van der Waals surface area (Å²) in [5, 5.41) is 3.54. The van der Waals surface area contributed by atoms with Crippen molar-refractivity contribution in [3.8, 4) is 5.75 Å². The molecule has 1 saturated carbocycles. The molecule has 1 fully saturated rings. The maximum absolute atomic E-state index is 5.47. The summed E-state index contributed by atoms with van der Waals surface area (Å²) in [4.78, 5) is 0. The lowest BCUT2D eigenvalue weighted by atomic mass is 9.88. The number of rotatable bonds is 4. The first-order valence-electron chi connectivity index (χ1n) is 6.51. The van der Waals surface area contributed by atoms with Crippen LogP contribution in [0.2, 0.25) is 0 Å². The zero-order valence-corrected chi connectivity index (χ0v) is 11.2. The minimum atomic E-state index is 0.293. The summed E-state index contributed by atoms with van der Waals surface area (Å²) in [5.74, 6) is 1.03. The van der Waals surface area contributed by atoms with Gasteiger partial charge >= 0.3 is 0 Å². The smallest absolute Gasteiger partial charge is 0.122 e. The Morgan fingerprint density at radius 2 is 2.00 bits per heavy atom. The second-order valence-corrected chi connectivity index (χ2v) is 5.23. The van der Waals surface area contributed by atoms with Crippen LogP contribution >= 0.6 is 0 Å². The number of methoxy groups -OCH3 is 1. The summed E-state index contributed by atoms with van der Waals surface area (Å²) in [6.07, 6.45) is 6.32. The molecule has 0 spiro atoms. The third-order valence-corrected chi connectivity index (χ3v) is 4.06. The van der Waals surface area contributed by atoms with Crippen LogP contribution in [0.5, 0.6) is 5.75 Å². The minimum Gasteiger partial charge on any atom is -0.496 e. The topological polar surface area (TPSA) is 21.3 Å². The zero-order valence-electron chi connectivity index (χ0n) is 11.2. The van der Waals surface area contributed by atoms with Crippen LogP contribution in [0.1, 0.15) is 36.8 Å². The molecular weight excluding hydrogens is 210 g/mol. The Hall–Kier alpha value is -1.02. The number of hydrogen-bond acceptors (Lipinski definition) is 2. The summed E-state index contributed by atoms with van der Waals surface area (Å²) < 4.78 is 5.47. The molecule has 1 aliphatic rings. The largest absolute Gasteiger partial charge is 0.496 e. The maximum atomic E-state index is 5.47. The van der Waals surface area contributed by atoms with E-state index in [1.54, 1.807) is 7.11 Å². The summed E-state index contributed by atoms with van der Waals surface area (Å²) in [6.45, 7) is 2.14. The Morgan fingerprint density at radius 1 is 1.29 bits per heavy atom. The van der Waals surface area contributed by atoms with Gasteiger partial charge in [-0.3, -0.25) is 0 Å². The second-order valence-electron chi connectivity index (χ2n) is 5.23. The van der Waals surface area contributed by atoms with Gasteiger partial charge in [0.1, 0.15) is 5.75 Å². The predicted octanol–water partition coefficient (Wildman–Crippen LogP) is 3.08. The van der Waals surface area contributed by atoms with Gasteiger partial charge in [-0.15, -0.1) is 0 Å². The Bertz CT molecular complexity index is 381. The van der Waals surface area contributed by atoms with E-state index < -0.39 is 0 Å². The molecule has 2 rings (SSSR count). The third-order valence-electron chi connectivity index (χ3n) is 4.06. The molecule has 2 nitrogen and oxygen atoms in total. The molecule has 0 heterocycles. The molecule has 0 radical (unpaired) electrons. The van der Waals surface area contributed by atoms with Gasteiger partial charge in [0.15, 0.2) is 0 Å². The fourth-order valence-corrected chi connectivity index (χ4v) is 2.98. The predicted molar refractivity (Wildman–Crippen MR) is 71.7 cm³/mol. The van der Waals surface area contributed by atoms with Crippen molar-refractivity contribution in [1.82, 2.24) is 5.32 Å². The highest BCUT2D eigenvalue weighted by Gasteiger charge is 2.32. The highest BCUT2D eigenvalue weighted by atomic mass is 16.5. The van der Waals surface area contributed by atoms with Crippen molar-refractivity contribution in [1.29, 1.82) is 0 Å². The molecule has 0 unspecified atom stereocenters. The lowest BCUT2D eigenvalue weighted by Crippen LogP contribution is -2.42. The fourth-order valence-electron chi connectivity index (χ4n) is 2.98. The molecule has 2 heteroatoms. The van der Waals surface area contributed by atoms with E-state index in [2.05, 4.69) is 37.5 Å². The van der Waals surface area contributed by atoms with Gasteiger partial charge in [-0.25, -0.2) is 0 Å². The molecule has 0 saturated heterocycles. The summed E-state index contributed by atoms with van der Waals surface area (Å²) in [5.41, 5.74) is 2.94. The van der Waals surface area contributed by atoms with E-state index in [4.69, 9.17) is 4.74 Å². The average Bonchev–Trinajstić information content (AvgIpc) is 2.79. The quantitative estimate of drug-likeness (QED) is 0.863. The van der Waals surface area contributed by atoms with E-state index in [0.29, 0.717) is 5.54 Å². The maximum Gasteiger partial charge on any atom is 0.122 e. The molecule has 0 aliphatic heterocycles. The molecule has 1 aliphatic carbocycles. The standard InChI is InChI=1S/C15H23NO/c1-12-6-7-14(17-3)13(10-12)11-15(16-2)8-4-5-9-15/h6-7,10,16H,4-5,8-9,11H2,1-3H3. The van der Waals surface area contributed by atoms with Gasteiger partial charge < -0.3 is 10.1 Å². The molecular formula is C15H23NO. The van der Waals surface area contributed by atoms with Crippen LogP contribution in [0, 0.1) is 6.92 Å². The molecule has 0 atom stereocenters. The molecule has 94 valence electrons. The lowest BCUT2D eigenvalue weighted by Gasteiger charge is -2.29. The van der Waals surface area contributed by atoms with Crippen LogP contribution in [0.15, 0.2) is 18.2 Å². The molecule has 17 heavy (non-hydrogen) atoms. The number of hydrogen-bond donors (Lipinski definition) is 1. The van der Waals surface area contributed by atoms with Gasteiger partial charge in [-0.05, 0) is 44.9 Å². The first-order chi connectivity index (χ1) is 8.19. The monoisotopic (exact) mass is 233 g/mol. The van der Waals surface area contributed by atoms with Crippen molar-refractivity contribution < 1.29 is 4.74 Å². The highest BCUT2D eigenvalue weighted by molar-refractivity contribution is 5.38. The third kappa shape index (κ3) is 2.63. The van der Waals surface area contributed by atoms with Gasteiger partial charge in [0, 0.05) is 5.54 Å². The molecule has 0 aromatic heterocycles. The zero-order chi connectivity index (χ0) is 12.3. The van der Waals surface area contributed by atoms with Gasteiger partial charge in [0.05, 0.1) is 7.11 Å². The lowest BCUT2D eigenvalue weighted by molar-refractivity contribution is 0.345. The summed E-state index contributed by atoms with van der Waals surface area (Å²) in [7, 11) is 3.85. The first kappa shape index (κ1) is 12.4. The number of benzene rings is 1. The molecule has 1 aromatic carbocycles. The Kier molecular flexibility index (Phi) is 3.72. The van der Waals surface area contributed by atoms with Gasteiger partial charge in [-0.1, -0.05) is 30.5 Å². The van der Waals surface area contributed by atoms with Crippen LogP contribution in [-0.2, 0) is 6.42 Å². The van der Waals surface area contributed by atoms with E-state index in [1.807, 2.05) is 0 Å². The Balaban J connectivity index is 2.24. The Labute approximate surface area is 104 Å². The number of aryl methyl sites for hydroxylation is 1. The number of ether oxygens (including phenoxy) is 1. The average molecular weight is 233 g/mol. The second kappa shape index (κ2) is 5.09. The van der Waals surface area contributed by atoms with E-state index in [-0.39, 0.29) is 0 Å². The molecule has 0 bridgehead atoms. The van der Waals surface area contributed by atoms with Crippen LogP contribution in [-0.4, -0.2) is 19.7 Å². The van der Waals surface area contributed by atoms with Gasteiger partial charge in [0.2, 0.25) is 0 Å². The van der Waals surface area contributed by atoms with E-state index in [0.717, 1.165) is 12.2 Å². The minimum absolute atomic E-state index is 0.293. The van der Waals surface area contributed by atoms with Crippen molar-refractivity contribution in [2.45, 2.75) is 44.6 Å². The molecule has 1 N–H and O–H groups in total. The Morgan fingerprint density at radius 3 is 2.59 bits per heavy atom. The number of likely N-dealkylation sites (N-methyl/N-ethyl adjacent to an activating group) is 1. The van der Waals surface area contributed by atoms with Crippen molar-refractivity contribution in [3.63, 3.8) is 0 Å². The van der Waals surface area contributed by atoms with E-state index >= 15 is 0 Å². The molecule has 1 aromatic rings. The van der Waals surface area contributed by atoms with E-state index in [1.165, 1.54) is 36.8 Å². The van der Waals surface area contributed by atoms with Crippen molar-refractivity contribution in [2.24, 2.45) is 0 Å². The highest BCUT2D eigenvalue weighted by Crippen LogP contribution is 2.35. The summed E-state index contributed by atoms with van der Waals surface area (Å²) >= 11 is 0. The van der Waals surface area contributed by atoms with Gasteiger partial charge in [0.25, 0.3) is 0 Å². The number of nitrogens with one attached hydrogen (secondary N) is 1. The van der Waals surface area contributed by atoms with Crippen molar-refractivity contribution in [3.05, 3.63) is 29.3 Å². The van der Waals surface area contributed by atoms with Crippen LogP contribution in [0.4, 0.5) is 0 Å². The SMILES string of the molecule is CNC1(Cc2cc(C)ccc2OC)CCCC1.